The Morgan fingerprint density at radius 1 is 1.80 bits per heavy atom. The third-order valence-electron chi connectivity index (χ3n) is 1.05. The Bertz CT molecular complexity index is 265. The van der Waals surface area contributed by atoms with Gasteiger partial charge >= 0.3 is 0 Å². The first-order valence-electron chi connectivity index (χ1n) is 2.69. The van der Waals surface area contributed by atoms with Gasteiger partial charge in [0, 0.05) is 6.20 Å². The minimum atomic E-state index is 0.394. The van der Waals surface area contributed by atoms with Crippen LogP contribution in [0, 0.1) is 17.5 Å². The van der Waals surface area contributed by atoms with Crippen LogP contribution in [0.15, 0.2) is 12.3 Å². The summed E-state index contributed by atoms with van der Waals surface area (Å²) in [6.45, 7) is 0. The van der Waals surface area contributed by atoms with E-state index < -0.39 is 0 Å². The summed E-state index contributed by atoms with van der Waals surface area (Å²) >= 11 is 0. The molecule has 0 spiro atoms. The summed E-state index contributed by atoms with van der Waals surface area (Å²) < 4.78 is 4.80. The first-order valence-corrected chi connectivity index (χ1v) is 2.69. The van der Waals surface area contributed by atoms with E-state index in [9.17, 15) is 0 Å². The second-order valence-electron chi connectivity index (χ2n) is 1.62. The molecule has 0 amide bonds. The molecule has 10 heavy (non-hydrogen) atoms. The highest BCUT2D eigenvalue weighted by Gasteiger charge is 1.98. The van der Waals surface area contributed by atoms with Crippen molar-refractivity contribution < 1.29 is 4.74 Å². The lowest BCUT2D eigenvalue weighted by molar-refractivity contribution is 0.410. The van der Waals surface area contributed by atoms with Crippen molar-refractivity contribution in [1.82, 2.24) is 4.98 Å². The third kappa shape index (κ3) is 1.06. The van der Waals surface area contributed by atoms with Crippen molar-refractivity contribution in [2.24, 2.45) is 0 Å². The zero-order valence-electron chi connectivity index (χ0n) is 5.46. The van der Waals surface area contributed by atoms with Crippen molar-refractivity contribution in [3.05, 3.63) is 24.0 Å². The summed E-state index contributed by atoms with van der Waals surface area (Å²) in [6.07, 6.45) is 4.04. The van der Waals surface area contributed by atoms with Crippen LogP contribution in [-0.2, 0) is 0 Å². The second-order valence-corrected chi connectivity index (χ2v) is 1.62. The molecular weight excluding hydrogens is 128 g/mol. The number of pyridine rings is 1. The normalized spacial score (nSPS) is 8.40. The molecule has 1 radical (unpaired) electrons. The van der Waals surface area contributed by atoms with E-state index in [0.29, 0.717) is 11.3 Å². The number of aromatic nitrogens is 1. The maximum atomic E-state index is 8.47. The first-order chi connectivity index (χ1) is 4.88. The highest BCUT2D eigenvalue weighted by atomic mass is 16.5. The van der Waals surface area contributed by atoms with Crippen LogP contribution in [0.3, 0.4) is 0 Å². The van der Waals surface area contributed by atoms with Crippen molar-refractivity contribution in [2.75, 3.05) is 7.11 Å². The van der Waals surface area contributed by atoms with Crippen molar-refractivity contribution in [1.29, 1.82) is 5.26 Å². The second kappa shape index (κ2) is 2.83. The van der Waals surface area contributed by atoms with Gasteiger partial charge in [0.05, 0.1) is 12.7 Å². The number of hydrogen-bond acceptors (Lipinski definition) is 3. The number of nitrogens with zero attached hydrogens (tertiary/aromatic N) is 2. The van der Waals surface area contributed by atoms with Crippen molar-refractivity contribution in [3.8, 4) is 11.8 Å². The molecule has 3 nitrogen and oxygen atoms in total. The number of hydrogen-bond donors (Lipinski definition) is 0. The summed E-state index contributed by atoms with van der Waals surface area (Å²) in [7, 11) is 1.48. The number of methoxy groups -OCH3 is 1. The zero-order valence-corrected chi connectivity index (χ0v) is 5.46. The lowest BCUT2D eigenvalue weighted by Crippen LogP contribution is -1.88. The van der Waals surface area contributed by atoms with Gasteiger partial charge in [-0.15, -0.1) is 0 Å². The number of rotatable bonds is 1. The Labute approximate surface area is 58.9 Å². The fraction of sp³-hybridized carbons (Fsp3) is 0.143. The van der Waals surface area contributed by atoms with E-state index in [2.05, 4.69) is 11.2 Å². The van der Waals surface area contributed by atoms with Crippen molar-refractivity contribution in [3.63, 3.8) is 0 Å². The predicted molar refractivity (Wildman–Crippen MR) is 34.3 cm³/mol. The van der Waals surface area contributed by atoms with Crippen LogP contribution >= 0.6 is 0 Å². The molecule has 3 heteroatoms. The Morgan fingerprint density at radius 2 is 2.60 bits per heavy atom. The Balaban J connectivity index is 3.12. The zero-order chi connectivity index (χ0) is 7.40. The van der Waals surface area contributed by atoms with E-state index in [1.165, 1.54) is 13.3 Å². The van der Waals surface area contributed by atoms with Crippen LogP contribution in [-0.4, -0.2) is 12.1 Å². The summed E-state index contributed by atoms with van der Waals surface area (Å²) in [5.41, 5.74) is 0.456. The maximum absolute atomic E-state index is 8.47. The standard InChI is InChI=1S/C7H5N2O/c1-10-7-5-9-3-2-6(7)4-8/h2-3H,1H3. The topological polar surface area (TPSA) is 45.9 Å². The van der Waals surface area contributed by atoms with Gasteiger partial charge in [-0.05, 0) is 6.07 Å². The lowest BCUT2D eigenvalue weighted by Gasteiger charge is -1.96. The molecule has 1 rings (SSSR count). The highest BCUT2D eigenvalue weighted by molar-refractivity contribution is 5.39. The Morgan fingerprint density at radius 3 is 3.10 bits per heavy atom. The van der Waals surface area contributed by atoms with Crippen LogP contribution < -0.4 is 4.74 Å². The molecule has 0 atom stereocenters. The third-order valence-corrected chi connectivity index (χ3v) is 1.05. The van der Waals surface area contributed by atoms with Gasteiger partial charge in [-0.3, -0.25) is 4.98 Å². The maximum Gasteiger partial charge on any atom is 0.164 e. The van der Waals surface area contributed by atoms with E-state index >= 15 is 0 Å². The van der Waals surface area contributed by atoms with E-state index in [4.69, 9.17) is 10.00 Å². The van der Waals surface area contributed by atoms with E-state index in [0.717, 1.165) is 0 Å². The molecule has 1 aromatic heterocycles. The van der Waals surface area contributed by atoms with E-state index in [-0.39, 0.29) is 0 Å². The minimum Gasteiger partial charge on any atom is -0.493 e. The summed E-state index contributed by atoms with van der Waals surface area (Å²) in [5.74, 6) is 0.394. The Kier molecular flexibility index (Phi) is 1.86. The molecular formula is C7H5N2O. The first kappa shape index (κ1) is 6.56. The summed E-state index contributed by atoms with van der Waals surface area (Å²) in [4.78, 5) is 3.66. The van der Waals surface area contributed by atoms with E-state index in [1.807, 2.05) is 6.07 Å². The monoisotopic (exact) mass is 133 g/mol. The fourth-order valence-electron chi connectivity index (χ4n) is 0.587. The van der Waals surface area contributed by atoms with Crippen LogP contribution in [0.5, 0.6) is 5.75 Å². The summed E-state index contributed by atoms with van der Waals surface area (Å²) in [6, 6.07) is 3.53. The van der Waals surface area contributed by atoms with Crippen LogP contribution in [0.1, 0.15) is 5.56 Å². The van der Waals surface area contributed by atoms with Gasteiger partial charge in [0.15, 0.2) is 5.75 Å². The number of nitriles is 1. The molecule has 0 bridgehead atoms. The molecule has 0 unspecified atom stereocenters. The highest BCUT2D eigenvalue weighted by Crippen LogP contribution is 2.12. The molecule has 1 aromatic rings. The Hall–Kier alpha value is -1.56. The quantitative estimate of drug-likeness (QED) is 0.568. The smallest absolute Gasteiger partial charge is 0.164 e. The lowest BCUT2D eigenvalue weighted by atomic mass is 10.3. The van der Waals surface area contributed by atoms with Gasteiger partial charge in [0.25, 0.3) is 0 Å². The molecule has 0 aromatic carbocycles. The fourth-order valence-corrected chi connectivity index (χ4v) is 0.587. The van der Waals surface area contributed by atoms with Gasteiger partial charge in [0.2, 0.25) is 0 Å². The van der Waals surface area contributed by atoms with Crippen molar-refractivity contribution in [2.45, 2.75) is 0 Å². The molecule has 0 saturated carbocycles. The molecule has 0 fully saturated rings. The molecule has 49 valence electrons. The van der Waals surface area contributed by atoms with Gasteiger partial charge in [-0.2, -0.15) is 5.26 Å². The summed E-state index contributed by atoms with van der Waals surface area (Å²) in [5, 5.41) is 8.47. The SMILES string of the molecule is COc1[c]nccc1C#N. The van der Waals surface area contributed by atoms with Crippen LogP contribution in [0.2, 0.25) is 0 Å². The largest absolute Gasteiger partial charge is 0.493 e. The number of ether oxygens (including phenoxy) is 1. The predicted octanol–water partition coefficient (Wildman–Crippen LogP) is 0.762. The molecule has 0 saturated heterocycles. The van der Waals surface area contributed by atoms with Gasteiger partial charge < -0.3 is 4.74 Å². The minimum absolute atomic E-state index is 0.394. The molecule has 0 N–H and O–H groups in total. The molecule has 0 aliphatic rings. The van der Waals surface area contributed by atoms with Crippen LogP contribution in [0.25, 0.3) is 0 Å². The average Bonchev–Trinajstić information content (AvgIpc) is 2.04. The molecule has 0 aliphatic carbocycles. The average molecular weight is 133 g/mol. The molecule has 0 aliphatic heterocycles. The van der Waals surface area contributed by atoms with Gasteiger partial charge in [-0.1, -0.05) is 0 Å². The van der Waals surface area contributed by atoms with Crippen molar-refractivity contribution >= 4 is 0 Å². The van der Waals surface area contributed by atoms with Gasteiger partial charge in [0.1, 0.15) is 12.3 Å². The van der Waals surface area contributed by atoms with Gasteiger partial charge in [-0.25, -0.2) is 0 Å². The van der Waals surface area contributed by atoms with Crippen LogP contribution in [0.4, 0.5) is 0 Å². The molecule has 1 heterocycles. The van der Waals surface area contributed by atoms with E-state index in [1.54, 1.807) is 6.07 Å².